The molecule has 1 fully saturated rings. The zero-order valence-electron chi connectivity index (χ0n) is 5.39. The van der Waals surface area contributed by atoms with Crippen molar-refractivity contribution in [2.24, 2.45) is 0 Å². The first-order valence-electron chi connectivity index (χ1n) is 2.97. The molecular formula is C6H8ClNO2. The van der Waals surface area contributed by atoms with Gasteiger partial charge in [-0.25, -0.2) is 4.79 Å². The highest BCUT2D eigenvalue weighted by atomic mass is 35.5. The van der Waals surface area contributed by atoms with Gasteiger partial charge in [0.1, 0.15) is 0 Å². The lowest BCUT2D eigenvalue weighted by molar-refractivity contribution is 0.154. The van der Waals surface area contributed by atoms with Gasteiger partial charge in [-0.2, -0.15) is 0 Å². The Morgan fingerprint density at radius 3 is 3.20 bits per heavy atom. The molecule has 10 heavy (non-hydrogen) atoms. The Kier molecular flexibility index (Phi) is 2.17. The second kappa shape index (κ2) is 2.92. The van der Waals surface area contributed by atoms with Crippen LogP contribution in [0.2, 0.25) is 0 Å². The summed E-state index contributed by atoms with van der Waals surface area (Å²) in [5, 5.41) is 2.20. The van der Waals surface area contributed by atoms with E-state index in [-0.39, 0.29) is 5.38 Å². The fraction of sp³-hybridized carbons (Fsp3) is 0.500. The van der Waals surface area contributed by atoms with Crippen LogP contribution in [0.3, 0.4) is 0 Å². The molecule has 0 aromatic rings. The highest BCUT2D eigenvalue weighted by molar-refractivity contribution is 6.22. The maximum atomic E-state index is 10.6. The molecule has 0 saturated carbocycles. The number of hydrogen-bond acceptors (Lipinski definition) is 2. The fourth-order valence-corrected chi connectivity index (χ4v) is 0.818. The molecule has 1 atom stereocenters. The van der Waals surface area contributed by atoms with Crippen molar-refractivity contribution in [2.75, 3.05) is 6.61 Å². The second-order valence-electron chi connectivity index (χ2n) is 2.04. The summed E-state index contributed by atoms with van der Waals surface area (Å²) in [6.07, 6.45) is 0.159. The number of hydrogen-bond donors (Lipinski definition) is 1. The van der Waals surface area contributed by atoms with Gasteiger partial charge in [0.2, 0.25) is 0 Å². The van der Waals surface area contributed by atoms with Crippen molar-refractivity contribution in [2.45, 2.75) is 11.8 Å². The average molecular weight is 162 g/mol. The topological polar surface area (TPSA) is 38.3 Å². The smallest absolute Gasteiger partial charge is 0.411 e. The van der Waals surface area contributed by atoms with E-state index in [0.717, 1.165) is 0 Å². The zero-order chi connectivity index (χ0) is 7.56. The summed E-state index contributed by atoms with van der Waals surface area (Å²) in [6.45, 7) is 3.92. The molecule has 56 valence electrons. The Hall–Kier alpha value is -0.700. The molecular weight excluding hydrogens is 154 g/mol. The van der Waals surface area contributed by atoms with Gasteiger partial charge in [0.05, 0.1) is 12.0 Å². The van der Waals surface area contributed by atoms with Crippen LogP contribution in [0.25, 0.3) is 0 Å². The van der Waals surface area contributed by atoms with Crippen LogP contribution in [-0.2, 0) is 4.74 Å². The quantitative estimate of drug-likeness (QED) is 0.543. The summed E-state index contributed by atoms with van der Waals surface area (Å²) in [5.41, 5.74) is 0.518. The lowest BCUT2D eigenvalue weighted by Crippen LogP contribution is -2.22. The molecule has 1 amide bonds. The number of cyclic esters (lactones) is 1. The molecule has 0 aliphatic carbocycles. The van der Waals surface area contributed by atoms with E-state index < -0.39 is 6.09 Å². The number of amides is 1. The van der Waals surface area contributed by atoms with E-state index in [1.807, 2.05) is 0 Å². The molecule has 0 aromatic heterocycles. The minimum atomic E-state index is -0.465. The van der Waals surface area contributed by atoms with Crippen LogP contribution >= 0.6 is 11.6 Å². The van der Waals surface area contributed by atoms with Gasteiger partial charge in [-0.05, 0) is 0 Å². The third-order valence-corrected chi connectivity index (χ3v) is 1.73. The molecule has 1 unspecified atom stereocenters. The first-order chi connectivity index (χ1) is 4.70. The molecule has 1 heterocycles. The van der Waals surface area contributed by atoms with E-state index in [0.29, 0.717) is 18.7 Å². The number of carbonyl (C=O) groups excluding carboxylic acids is 1. The molecule has 0 radical (unpaired) electrons. The average Bonchev–Trinajstić information content (AvgIpc) is 1.96. The molecule has 1 saturated heterocycles. The summed E-state index contributed by atoms with van der Waals surface area (Å²) in [5.74, 6) is 0. The lowest BCUT2D eigenvalue weighted by Gasteiger charge is -2.04. The van der Waals surface area contributed by atoms with Crippen molar-refractivity contribution in [1.82, 2.24) is 5.32 Å². The summed E-state index contributed by atoms with van der Waals surface area (Å²) in [6, 6.07) is 0. The van der Waals surface area contributed by atoms with Crippen LogP contribution in [0, 0.1) is 0 Å². The molecule has 4 heteroatoms. The number of halogens is 1. The van der Waals surface area contributed by atoms with Gasteiger partial charge in [-0.1, -0.05) is 6.58 Å². The number of carbonyl (C=O) groups is 1. The number of nitrogens with one attached hydrogen (secondary N) is 1. The van der Waals surface area contributed by atoms with Crippen LogP contribution in [-0.4, -0.2) is 18.1 Å². The van der Waals surface area contributed by atoms with E-state index in [2.05, 4.69) is 16.6 Å². The predicted molar refractivity (Wildman–Crippen MR) is 37.9 cm³/mol. The van der Waals surface area contributed by atoms with Gasteiger partial charge < -0.3 is 4.74 Å². The normalized spacial score (nSPS) is 26.7. The van der Waals surface area contributed by atoms with Crippen molar-refractivity contribution in [3.8, 4) is 0 Å². The van der Waals surface area contributed by atoms with E-state index >= 15 is 0 Å². The molecule has 3 nitrogen and oxygen atoms in total. The van der Waals surface area contributed by atoms with E-state index in [1.54, 1.807) is 0 Å². The van der Waals surface area contributed by atoms with Crippen LogP contribution in [0.1, 0.15) is 6.42 Å². The van der Waals surface area contributed by atoms with Crippen molar-refractivity contribution in [3.05, 3.63) is 12.3 Å². The van der Waals surface area contributed by atoms with Crippen molar-refractivity contribution >= 4 is 17.7 Å². The molecule has 1 rings (SSSR count). The minimum Gasteiger partial charge on any atom is -0.449 e. The summed E-state index contributed by atoms with van der Waals surface area (Å²) in [7, 11) is 0. The first kappa shape index (κ1) is 7.41. The molecule has 0 bridgehead atoms. The van der Waals surface area contributed by atoms with E-state index in [1.165, 1.54) is 0 Å². The van der Waals surface area contributed by atoms with E-state index in [4.69, 9.17) is 11.6 Å². The molecule has 1 aliphatic heterocycles. The first-order valence-corrected chi connectivity index (χ1v) is 3.40. The SMILES string of the molecule is C=C1NC(=O)OCCC1Cl. The minimum absolute atomic E-state index is 0.202. The number of ether oxygens (including phenoxy) is 1. The standard InChI is InChI=1S/C6H8ClNO2/c1-4-5(7)2-3-10-6(9)8-4/h5H,1-3H2,(H,8,9). The molecule has 1 N–H and O–H groups in total. The van der Waals surface area contributed by atoms with Gasteiger partial charge in [-0.3, -0.25) is 5.32 Å². The third kappa shape index (κ3) is 1.64. The van der Waals surface area contributed by atoms with Crippen LogP contribution in [0.15, 0.2) is 12.3 Å². The van der Waals surface area contributed by atoms with Crippen molar-refractivity contribution < 1.29 is 9.53 Å². The monoisotopic (exact) mass is 161 g/mol. The van der Waals surface area contributed by atoms with Gasteiger partial charge in [0.25, 0.3) is 0 Å². The van der Waals surface area contributed by atoms with Gasteiger partial charge >= 0.3 is 6.09 Å². The maximum absolute atomic E-state index is 10.6. The summed E-state index contributed by atoms with van der Waals surface area (Å²) < 4.78 is 4.65. The molecule has 1 aliphatic rings. The number of alkyl carbamates (subject to hydrolysis) is 1. The summed E-state index contributed by atoms with van der Waals surface area (Å²) in [4.78, 5) is 10.6. The van der Waals surface area contributed by atoms with E-state index in [9.17, 15) is 4.79 Å². The Labute approximate surface area is 64.0 Å². The van der Waals surface area contributed by atoms with Crippen molar-refractivity contribution in [3.63, 3.8) is 0 Å². The Bertz CT molecular complexity index is 169. The number of alkyl halides is 1. The molecule has 0 spiro atoms. The zero-order valence-corrected chi connectivity index (χ0v) is 6.15. The highest BCUT2D eigenvalue weighted by Gasteiger charge is 2.17. The van der Waals surface area contributed by atoms with Crippen LogP contribution in [0.5, 0.6) is 0 Å². The predicted octanol–water partition coefficient (Wildman–Crippen LogP) is 1.24. The van der Waals surface area contributed by atoms with Gasteiger partial charge in [0, 0.05) is 12.1 Å². The fourth-order valence-electron chi connectivity index (χ4n) is 0.675. The lowest BCUT2D eigenvalue weighted by atomic mass is 10.3. The third-order valence-electron chi connectivity index (χ3n) is 1.25. The Balaban J connectivity index is 2.57. The van der Waals surface area contributed by atoms with Crippen LogP contribution in [0.4, 0.5) is 4.79 Å². The Morgan fingerprint density at radius 2 is 2.50 bits per heavy atom. The number of allylic oxidation sites excluding steroid dienone is 1. The summed E-state index contributed by atoms with van der Waals surface area (Å²) >= 11 is 5.74. The van der Waals surface area contributed by atoms with Gasteiger partial charge in [0.15, 0.2) is 0 Å². The number of rotatable bonds is 0. The maximum Gasteiger partial charge on any atom is 0.411 e. The second-order valence-corrected chi connectivity index (χ2v) is 2.57. The van der Waals surface area contributed by atoms with Crippen LogP contribution < -0.4 is 5.32 Å². The Morgan fingerprint density at radius 1 is 1.80 bits per heavy atom. The molecule has 0 aromatic carbocycles. The van der Waals surface area contributed by atoms with Crippen molar-refractivity contribution in [1.29, 1.82) is 0 Å². The van der Waals surface area contributed by atoms with Gasteiger partial charge in [-0.15, -0.1) is 11.6 Å². The largest absolute Gasteiger partial charge is 0.449 e. The highest BCUT2D eigenvalue weighted by Crippen LogP contribution is 2.12.